The molecule has 40 heavy (non-hydrogen) atoms. The first-order chi connectivity index (χ1) is 19.0. The van der Waals surface area contributed by atoms with Crippen molar-refractivity contribution in [2.45, 2.75) is 18.7 Å². The van der Waals surface area contributed by atoms with Crippen LogP contribution in [0.25, 0.3) is 11.3 Å². The molecule has 0 bridgehead atoms. The van der Waals surface area contributed by atoms with Crippen molar-refractivity contribution in [3.8, 4) is 0 Å². The number of carbonyl (C=O) groups excluding carboxylic acids is 2. The molecule has 4 rings (SSSR count). The Labute approximate surface area is 240 Å². The van der Waals surface area contributed by atoms with Crippen LogP contribution in [0.3, 0.4) is 0 Å². The highest BCUT2D eigenvalue weighted by atomic mass is 79.9. The number of carboxylic acids is 1. The number of halogens is 1. The van der Waals surface area contributed by atoms with Gasteiger partial charge in [0.05, 0.1) is 34.0 Å². The van der Waals surface area contributed by atoms with E-state index in [4.69, 9.17) is 4.84 Å². The Morgan fingerprint density at radius 3 is 2.30 bits per heavy atom. The van der Waals surface area contributed by atoms with E-state index in [9.17, 15) is 27.9 Å². The predicted octanol–water partition coefficient (Wildman–Crippen LogP) is 4.51. The summed E-state index contributed by atoms with van der Waals surface area (Å²) in [4.78, 5) is 44.2. The fourth-order valence-electron chi connectivity index (χ4n) is 4.32. The van der Waals surface area contributed by atoms with Crippen LogP contribution in [-0.4, -0.2) is 54.8 Å². The Morgan fingerprint density at radius 2 is 1.73 bits per heavy atom. The molecule has 10 nitrogen and oxygen atoms in total. The molecule has 0 saturated carbocycles. The van der Waals surface area contributed by atoms with E-state index in [0.29, 0.717) is 33.4 Å². The van der Waals surface area contributed by atoms with Gasteiger partial charge in [0, 0.05) is 30.6 Å². The molecule has 2 amide bonds. The highest BCUT2D eigenvalue weighted by Gasteiger charge is 2.38. The first kappa shape index (κ1) is 29.2. The average molecular weight is 629 g/mol. The SMILES string of the molecule is CC(=O)N1C(=O)C(=C(Nc2ccc(S(=O)(=O)N(C)OCCBr)cc2)c2ccccc2)c2cc(C)c(C(=O)O)cc21. The molecule has 0 aliphatic carbocycles. The van der Waals surface area contributed by atoms with E-state index >= 15 is 0 Å². The van der Waals surface area contributed by atoms with Crippen LogP contribution >= 0.6 is 15.9 Å². The summed E-state index contributed by atoms with van der Waals surface area (Å²) in [6, 6.07) is 17.8. The Kier molecular flexibility index (Phi) is 8.54. The summed E-state index contributed by atoms with van der Waals surface area (Å²) in [6.07, 6.45) is 0. The lowest BCUT2D eigenvalue weighted by Gasteiger charge is -2.18. The van der Waals surface area contributed by atoms with E-state index in [1.165, 1.54) is 32.2 Å². The number of nitrogens with zero attached hydrogens (tertiary/aromatic N) is 2. The molecule has 0 spiro atoms. The maximum atomic E-state index is 13.7. The number of nitrogens with one attached hydrogen (secondary N) is 1. The topological polar surface area (TPSA) is 133 Å². The lowest BCUT2D eigenvalue weighted by molar-refractivity contribution is -0.122. The number of rotatable bonds is 9. The van der Waals surface area contributed by atoms with Gasteiger partial charge in [-0.15, -0.1) is 0 Å². The number of alkyl halides is 1. The van der Waals surface area contributed by atoms with Crippen LogP contribution in [0.2, 0.25) is 0 Å². The number of benzene rings is 3. The number of hydrogen-bond acceptors (Lipinski definition) is 7. The van der Waals surface area contributed by atoms with Crippen LogP contribution in [0.4, 0.5) is 11.4 Å². The summed E-state index contributed by atoms with van der Waals surface area (Å²) in [5.74, 6) is -2.34. The third-order valence-corrected chi connectivity index (χ3v) is 8.21. The van der Waals surface area contributed by atoms with Crippen molar-refractivity contribution < 1.29 is 32.7 Å². The van der Waals surface area contributed by atoms with Crippen LogP contribution in [0.15, 0.2) is 71.6 Å². The van der Waals surface area contributed by atoms with Crippen LogP contribution < -0.4 is 10.2 Å². The summed E-state index contributed by atoms with van der Waals surface area (Å²) >= 11 is 3.19. The van der Waals surface area contributed by atoms with Crippen LogP contribution in [-0.2, 0) is 24.4 Å². The second kappa shape index (κ2) is 11.7. The third-order valence-electron chi connectivity index (χ3n) is 6.24. The Hall–Kier alpha value is -3.84. The van der Waals surface area contributed by atoms with Gasteiger partial charge in [-0.3, -0.25) is 14.4 Å². The third kappa shape index (κ3) is 5.56. The largest absolute Gasteiger partial charge is 0.478 e. The molecule has 0 aromatic heterocycles. The molecule has 12 heteroatoms. The fourth-order valence-corrected chi connectivity index (χ4v) is 5.46. The molecule has 0 fully saturated rings. The van der Waals surface area contributed by atoms with Crippen molar-refractivity contribution in [1.82, 2.24) is 4.47 Å². The number of aromatic carboxylic acids is 1. The smallest absolute Gasteiger partial charge is 0.336 e. The number of imide groups is 1. The first-order valence-corrected chi connectivity index (χ1v) is 14.6. The molecule has 0 radical (unpaired) electrons. The van der Waals surface area contributed by atoms with Crippen molar-refractivity contribution in [3.63, 3.8) is 0 Å². The summed E-state index contributed by atoms with van der Waals surface area (Å²) in [5, 5.41) is 13.3. The normalized spacial score (nSPS) is 14.3. The van der Waals surface area contributed by atoms with Gasteiger partial charge >= 0.3 is 5.97 Å². The zero-order valence-electron chi connectivity index (χ0n) is 21.8. The van der Waals surface area contributed by atoms with Gasteiger partial charge in [-0.1, -0.05) is 50.7 Å². The summed E-state index contributed by atoms with van der Waals surface area (Å²) in [7, 11) is -2.59. The highest BCUT2D eigenvalue weighted by Crippen LogP contribution is 2.42. The van der Waals surface area contributed by atoms with Crippen LogP contribution in [0.5, 0.6) is 0 Å². The van der Waals surface area contributed by atoms with Crippen molar-refractivity contribution in [3.05, 3.63) is 89.0 Å². The van der Waals surface area contributed by atoms with E-state index < -0.39 is 27.8 Å². The standard InChI is InChI=1S/C28H26BrN3O7S/c1-17-15-23-24(16-22(17)28(35)36)32(18(2)33)27(34)25(23)26(19-7-5-4-6-8-19)30-20-9-11-21(12-10-20)40(37,38)31(3)39-14-13-29/h4-12,15-16,30H,13-14H2,1-3H3,(H,35,36). The van der Waals surface area contributed by atoms with Gasteiger partial charge in [0.1, 0.15) is 0 Å². The number of carboxylic acid groups (broad SMARTS) is 1. The number of anilines is 2. The van der Waals surface area contributed by atoms with E-state index in [2.05, 4.69) is 21.2 Å². The van der Waals surface area contributed by atoms with Gasteiger partial charge in [-0.05, 0) is 54.4 Å². The number of carbonyl (C=O) groups is 3. The van der Waals surface area contributed by atoms with Crippen molar-refractivity contribution in [2.24, 2.45) is 0 Å². The first-order valence-electron chi connectivity index (χ1n) is 12.0. The van der Waals surface area contributed by atoms with Gasteiger partial charge in [0.2, 0.25) is 5.91 Å². The Bertz CT molecular complexity index is 1620. The molecule has 208 valence electrons. The number of sulfonamides is 1. The van der Waals surface area contributed by atoms with Crippen LogP contribution in [0.1, 0.15) is 34.0 Å². The lowest BCUT2D eigenvalue weighted by atomic mass is 9.96. The minimum Gasteiger partial charge on any atom is -0.478 e. The number of amides is 2. The molecule has 0 atom stereocenters. The molecule has 2 N–H and O–H groups in total. The molecular formula is C28H26BrN3O7S. The quantitative estimate of drug-likeness (QED) is 0.201. The van der Waals surface area contributed by atoms with Gasteiger partial charge < -0.3 is 10.4 Å². The molecule has 1 heterocycles. The predicted molar refractivity (Wildman–Crippen MR) is 154 cm³/mol. The minimum absolute atomic E-state index is 0.00547. The van der Waals surface area contributed by atoms with Crippen molar-refractivity contribution in [2.75, 3.05) is 29.2 Å². The second-order valence-electron chi connectivity index (χ2n) is 8.85. The monoisotopic (exact) mass is 627 g/mol. The lowest BCUT2D eigenvalue weighted by Crippen LogP contribution is -2.31. The number of hydrogen-bond donors (Lipinski definition) is 2. The van der Waals surface area contributed by atoms with Gasteiger partial charge in [0.15, 0.2) is 0 Å². The zero-order valence-corrected chi connectivity index (χ0v) is 24.2. The number of fused-ring (bicyclic) bond motifs is 1. The zero-order chi connectivity index (χ0) is 29.2. The van der Waals surface area contributed by atoms with Gasteiger partial charge in [-0.25, -0.2) is 18.1 Å². The second-order valence-corrected chi connectivity index (χ2v) is 11.6. The molecule has 3 aromatic rings. The summed E-state index contributed by atoms with van der Waals surface area (Å²) in [6.45, 7) is 3.03. The van der Waals surface area contributed by atoms with E-state index in [1.807, 2.05) is 6.07 Å². The maximum absolute atomic E-state index is 13.7. The van der Waals surface area contributed by atoms with Gasteiger partial charge in [-0.2, -0.15) is 0 Å². The number of aryl methyl sites for hydroxylation is 1. The van der Waals surface area contributed by atoms with Gasteiger partial charge in [0.25, 0.3) is 15.9 Å². The molecule has 1 aliphatic heterocycles. The van der Waals surface area contributed by atoms with Crippen molar-refractivity contribution >= 4 is 66.4 Å². The molecule has 0 unspecified atom stereocenters. The molecule has 0 saturated heterocycles. The van der Waals surface area contributed by atoms with Crippen molar-refractivity contribution in [1.29, 1.82) is 0 Å². The fraction of sp³-hybridized carbons (Fsp3) is 0.179. The van der Waals surface area contributed by atoms with E-state index in [1.54, 1.807) is 49.4 Å². The molecule has 1 aliphatic rings. The van der Waals surface area contributed by atoms with E-state index in [0.717, 1.165) is 9.37 Å². The Balaban J connectivity index is 1.85. The minimum atomic E-state index is -3.90. The highest BCUT2D eigenvalue weighted by molar-refractivity contribution is 9.09. The summed E-state index contributed by atoms with van der Waals surface area (Å²) in [5.41, 5.74) is 2.64. The van der Waals surface area contributed by atoms with E-state index in [-0.39, 0.29) is 28.3 Å². The maximum Gasteiger partial charge on any atom is 0.336 e. The average Bonchev–Trinajstić information content (AvgIpc) is 3.20. The summed E-state index contributed by atoms with van der Waals surface area (Å²) < 4.78 is 26.4. The molecular weight excluding hydrogens is 602 g/mol. The molecule has 3 aromatic carbocycles. The Morgan fingerprint density at radius 1 is 1.07 bits per heavy atom. The van der Waals surface area contributed by atoms with Crippen LogP contribution in [0, 0.1) is 6.92 Å². The number of hydroxylamine groups is 1.